The highest BCUT2D eigenvalue weighted by atomic mass is 13.9. The van der Waals surface area contributed by atoms with E-state index in [9.17, 15) is 0 Å². The Morgan fingerprint density at radius 3 is 2.78 bits per heavy atom. The molecule has 0 aromatic rings. The lowest BCUT2D eigenvalue weighted by Crippen LogP contribution is -1.72. The standard InChI is InChI=1S/C9H12/c1-9-7-5-3-2-4-6-8-9/h2-3,6-8H,4-5H2,1H3. The van der Waals surface area contributed by atoms with Crippen molar-refractivity contribution in [1.82, 2.24) is 0 Å². The molecule has 0 heteroatoms. The molecule has 1 aliphatic rings. The highest BCUT2D eigenvalue weighted by Crippen LogP contribution is 2.03. The lowest BCUT2D eigenvalue weighted by atomic mass is 10.1. The Morgan fingerprint density at radius 1 is 1.11 bits per heavy atom. The van der Waals surface area contributed by atoms with Gasteiger partial charge in [0.05, 0.1) is 0 Å². The topological polar surface area (TPSA) is 0 Å². The Kier molecular flexibility index (Phi) is 2.32. The Bertz CT molecular complexity index is 159. The molecule has 0 radical (unpaired) electrons. The van der Waals surface area contributed by atoms with Crippen LogP contribution in [-0.2, 0) is 0 Å². The number of hydrogen-bond donors (Lipinski definition) is 0. The molecule has 0 aromatic heterocycles. The lowest BCUT2D eigenvalue weighted by Gasteiger charge is -1.93. The quantitative estimate of drug-likeness (QED) is 0.431. The smallest absolute Gasteiger partial charge is 0.0163 e. The molecule has 0 saturated carbocycles. The first-order chi connectivity index (χ1) is 4.39. The summed E-state index contributed by atoms with van der Waals surface area (Å²) in [4.78, 5) is 0. The zero-order valence-corrected chi connectivity index (χ0v) is 5.80. The summed E-state index contributed by atoms with van der Waals surface area (Å²) in [6.07, 6.45) is 13.2. The molecule has 0 saturated heterocycles. The minimum atomic E-state index is 1.09. The van der Waals surface area contributed by atoms with Gasteiger partial charge >= 0.3 is 0 Å². The number of rotatable bonds is 0. The molecule has 0 nitrogen and oxygen atoms in total. The molecule has 0 aromatic carbocycles. The van der Waals surface area contributed by atoms with Gasteiger partial charge in [0.2, 0.25) is 0 Å². The van der Waals surface area contributed by atoms with Crippen LogP contribution < -0.4 is 0 Å². The molecular formula is C9H12. The average Bonchev–Trinajstić information content (AvgIpc) is 1.79. The van der Waals surface area contributed by atoms with Crippen LogP contribution in [0.15, 0.2) is 36.0 Å². The molecular weight excluding hydrogens is 108 g/mol. The van der Waals surface area contributed by atoms with Crippen molar-refractivity contribution in [3.63, 3.8) is 0 Å². The van der Waals surface area contributed by atoms with E-state index in [-0.39, 0.29) is 0 Å². The van der Waals surface area contributed by atoms with Gasteiger partial charge in [0.25, 0.3) is 0 Å². The first-order valence-corrected chi connectivity index (χ1v) is 3.38. The van der Waals surface area contributed by atoms with E-state index < -0.39 is 0 Å². The first kappa shape index (κ1) is 6.34. The van der Waals surface area contributed by atoms with Crippen molar-refractivity contribution in [2.75, 3.05) is 0 Å². The van der Waals surface area contributed by atoms with E-state index in [4.69, 9.17) is 0 Å². The number of allylic oxidation sites excluding steroid dienone is 6. The van der Waals surface area contributed by atoms with E-state index in [0.717, 1.165) is 12.8 Å². The largest absolute Gasteiger partial charge is 0.0844 e. The molecule has 1 aliphatic carbocycles. The maximum atomic E-state index is 2.23. The van der Waals surface area contributed by atoms with Gasteiger partial charge in [0.1, 0.15) is 0 Å². The molecule has 0 N–H and O–H groups in total. The molecule has 0 spiro atoms. The van der Waals surface area contributed by atoms with Crippen LogP contribution in [0.2, 0.25) is 0 Å². The molecule has 0 heterocycles. The number of hydrogen-bond acceptors (Lipinski definition) is 0. The summed E-state index contributed by atoms with van der Waals surface area (Å²) in [5, 5.41) is 0. The van der Waals surface area contributed by atoms with Gasteiger partial charge in [-0.3, -0.25) is 0 Å². The fourth-order valence-corrected chi connectivity index (χ4v) is 0.847. The zero-order valence-electron chi connectivity index (χ0n) is 5.80. The third kappa shape index (κ3) is 2.31. The molecule has 0 bridgehead atoms. The van der Waals surface area contributed by atoms with Crippen LogP contribution >= 0.6 is 0 Å². The molecule has 0 unspecified atom stereocenters. The Morgan fingerprint density at radius 2 is 1.89 bits per heavy atom. The van der Waals surface area contributed by atoms with Crippen molar-refractivity contribution in [1.29, 1.82) is 0 Å². The predicted octanol–water partition coefficient (Wildman–Crippen LogP) is 2.84. The minimum absolute atomic E-state index is 1.09. The van der Waals surface area contributed by atoms with Crippen LogP contribution in [-0.4, -0.2) is 0 Å². The van der Waals surface area contributed by atoms with Gasteiger partial charge in [-0.05, 0) is 19.8 Å². The molecule has 0 amide bonds. The van der Waals surface area contributed by atoms with Crippen molar-refractivity contribution < 1.29 is 0 Å². The van der Waals surface area contributed by atoms with Gasteiger partial charge in [-0.25, -0.2) is 0 Å². The second kappa shape index (κ2) is 3.29. The SMILES string of the molecule is CC1=CCC=CCC=C1. The summed E-state index contributed by atoms with van der Waals surface area (Å²) in [6, 6.07) is 0. The summed E-state index contributed by atoms with van der Waals surface area (Å²) in [5.74, 6) is 0. The summed E-state index contributed by atoms with van der Waals surface area (Å²) in [5.41, 5.74) is 1.37. The van der Waals surface area contributed by atoms with Crippen molar-refractivity contribution in [3.8, 4) is 0 Å². The predicted molar refractivity (Wildman–Crippen MR) is 41.3 cm³/mol. The van der Waals surface area contributed by atoms with Gasteiger partial charge in [0, 0.05) is 0 Å². The van der Waals surface area contributed by atoms with Crippen LogP contribution in [0, 0.1) is 0 Å². The third-order valence-electron chi connectivity index (χ3n) is 1.40. The first-order valence-electron chi connectivity index (χ1n) is 3.38. The maximum absolute atomic E-state index is 2.23. The molecule has 0 aliphatic heterocycles. The molecule has 1 rings (SSSR count). The van der Waals surface area contributed by atoms with E-state index in [1.54, 1.807) is 0 Å². The highest BCUT2D eigenvalue weighted by Gasteiger charge is 1.82. The van der Waals surface area contributed by atoms with Gasteiger partial charge in [-0.15, -0.1) is 0 Å². The van der Waals surface area contributed by atoms with Crippen molar-refractivity contribution >= 4 is 0 Å². The Labute approximate surface area is 56.6 Å². The second-order valence-electron chi connectivity index (χ2n) is 2.29. The van der Waals surface area contributed by atoms with Crippen molar-refractivity contribution in [3.05, 3.63) is 36.0 Å². The van der Waals surface area contributed by atoms with Crippen LogP contribution in [0.3, 0.4) is 0 Å². The summed E-state index contributed by atoms with van der Waals surface area (Å²) in [7, 11) is 0. The summed E-state index contributed by atoms with van der Waals surface area (Å²) >= 11 is 0. The van der Waals surface area contributed by atoms with Crippen LogP contribution in [0.4, 0.5) is 0 Å². The minimum Gasteiger partial charge on any atom is -0.0844 e. The molecule has 9 heavy (non-hydrogen) atoms. The summed E-state index contributed by atoms with van der Waals surface area (Å²) in [6.45, 7) is 2.13. The monoisotopic (exact) mass is 120 g/mol. The van der Waals surface area contributed by atoms with Gasteiger partial charge in [-0.1, -0.05) is 36.0 Å². The normalized spacial score (nSPS) is 18.6. The molecule has 48 valence electrons. The van der Waals surface area contributed by atoms with Gasteiger partial charge in [0.15, 0.2) is 0 Å². The Hall–Kier alpha value is -0.780. The molecule has 0 fully saturated rings. The van der Waals surface area contributed by atoms with Gasteiger partial charge < -0.3 is 0 Å². The second-order valence-corrected chi connectivity index (χ2v) is 2.29. The maximum Gasteiger partial charge on any atom is -0.0163 e. The fourth-order valence-electron chi connectivity index (χ4n) is 0.847. The average molecular weight is 120 g/mol. The van der Waals surface area contributed by atoms with E-state index in [2.05, 4.69) is 37.3 Å². The third-order valence-corrected chi connectivity index (χ3v) is 1.40. The van der Waals surface area contributed by atoms with E-state index >= 15 is 0 Å². The van der Waals surface area contributed by atoms with E-state index in [1.165, 1.54) is 5.57 Å². The van der Waals surface area contributed by atoms with E-state index in [0.29, 0.717) is 0 Å². The van der Waals surface area contributed by atoms with Crippen molar-refractivity contribution in [2.45, 2.75) is 19.8 Å². The van der Waals surface area contributed by atoms with Crippen LogP contribution in [0.25, 0.3) is 0 Å². The van der Waals surface area contributed by atoms with Crippen LogP contribution in [0.1, 0.15) is 19.8 Å². The zero-order chi connectivity index (χ0) is 6.53. The van der Waals surface area contributed by atoms with Crippen LogP contribution in [0.5, 0.6) is 0 Å². The van der Waals surface area contributed by atoms with E-state index in [1.807, 2.05) is 0 Å². The van der Waals surface area contributed by atoms with Gasteiger partial charge in [-0.2, -0.15) is 0 Å². The van der Waals surface area contributed by atoms with Crippen molar-refractivity contribution in [2.24, 2.45) is 0 Å². The lowest BCUT2D eigenvalue weighted by molar-refractivity contribution is 1.25. The Balaban J connectivity index is 2.63. The fraction of sp³-hybridized carbons (Fsp3) is 0.333. The molecule has 0 atom stereocenters. The highest BCUT2D eigenvalue weighted by molar-refractivity contribution is 5.19. The summed E-state index contributed by atoms with van der Waals surface area (Å²) < 4.78 is 0.